The Morgan fingerprint density at radius 1 is 1.06 bits per heavy atom. The molecule has 4 aromatic rings. The zero-order chi connectivity index (χ0) is 23.9. The third kappa shape index (κ3) is 5.66. The summed E-state index contributed by atoms with van der Waals surface area (Å²) in [7, 11) is 1.57. The Labute approximate surface area is 196 Å². The summed E-state index contributed by atoms with van der Waals surface area (Å²) in [5, 5.41) is 10.8. The number of aromatic amines is 1. The number of hydrogen-bond acceptors (Lipinski definition) is 5. The molecule has 34 heavy (non-hydrogen) atoms. The normalized spacial score (nSPS) is 10.9. The minimum Gasteiger partial charge on any atom is -0.493 e. The summed E-state index contributed by atoms with van der Waals surface area (Å²) >= 11 is 0. The quantitative estimate of drug-likeness (QED) is 0.291. The van der Waals surface area contributed by atoms with Gasteiger partial charge in [-0.25, -0.2) is 9.82 Å². The second-order valence-electron chi connectivity index (χ2n) is 7.56. The van der Waals surface area contributed by atoms with Gasteiger partial charge < -0.3 is 9.47 Å². The molecule has 0 aliphatic rings. The lowest BCUT2D eigenvalue weighted by Gasteiger charge is -2.12. The molecule has 0 saturated carbocycles. The summed E-state index contributed by atoms with van der Waals surface area (Å²) < 4.78 is 24.4. The summed E-state index contributed by atoms with van der Waals surface area (Å²) in [6.45, 7) is 2.46. The van der Waals surface area contributed by atoms with E-state index in [0.29, 0.717) is 29.4 Å². The lowest BCUT2D eigenvalue weighted by atomic mass is 10.1. The zero-order valence-corrected chi connectivity index (χ0v) is 18.7. The summed E-state index contributed by atoms with van der Waals surface area (Å²) in [6.07, 6.45) is 1.43. The standard InChI is InChI=1S/C26H23FN4O3/c1-17-3-5-19(6-4-17)16-34-24-12-9-20(13-25(24)33-2)22-14-23(30-29-22)26(32)31-28-15-18-7-10-21(27)11-8-18/h3-15H,16H2,1-2H3,(H,29,30)(H,31,32)/b28-15+. The van der Waals surface area contributed by atoms with Crippen molar-refractivity contribution in [2.45, 2.75) is 13.5 Å². The molecule has 0 unspecified atom stereocenters. The number of amides is 1. The Morgan fingerprint density at radius 3 is 2.56 bits per heavy atom. The van der Waals surface area contributed by atoms with Crippen molar-refractivity contribution in [2.75, 3.05) is 7.11 Å². The lowest BCUT2D eigenvalue weighted by Crippen LogP contribution is -2.17. The Balaban J connectivity index is 1.41. The minimum absolute atomic E-state index is 0.241. The number of rotatable bonds is 8. The molecule has 1 aromatic heterocycles. The second kappa shape index (κ2) is 10.4. The first-order chi connectivity index (χ1) is 16.5. The number of carbonyl (C=O) groups excluding carboxylic acids is 1. The number of H-pyrrole nitrogens is 1. The molecule has 2 N–H and O–H groups in total. The number of methoxy groups -OCH3 is 1. The molecule has 0 spiro atoms. The zero-order valence-electron chi connectivity index (χ0n) is 18.7. The molecule has 1 heterocycles. The third-order valence-electron chi connectivity index (χ3n) is 5.05. The number of carbonyl (C=O) groups is 1. The fourth-order valence-electron chi connectivity index (χ4n) is 3.15. The highest BCUT2D eigenvalue weighted by Gasteiger charge is 2.13. The van der Waals surface area contributed by atoms with Crippen molar-refractivity contribution in [2.24, 2.45) is 5.10 Å². The Kier molecular flexibility index (Phi) is 6.98. The molecule has 8 heteroatoms. The maximum Gasteiger partial charge on any atom is 0.289 e. The molecule has 1 amide bonds. The van der Waals surface area contributed by atoms with Crippen molar-refractivity contribution in [1.29, 1.82) is 0 Å². The van der Waals surface area contributed by atoms with Crippen LogP contribution in [-0.2, 0) is 6.61 Å². The molecular weight excluding hydrogens is 435 g/mol. The van der Waals surface area contributed by atoms with Crippen molar-refractivity contribution in [1.82, 2.24) is 15.6 Å². The molecule has 0 atom stereocenters. The number of halogens is 1. The molecule has 0 saturated heterocycles. The predicted octanol–water partition coefficient (Wildman–Crippen LogP) is 4.88. The van der Waals surface area contributed by atoms with E-state index in [-0.39, 0.29) is 11.5 Å². The van der Waals surface area contributed by atoms with Gasteiger partial charge in [0.15, 0.2) is 11.5 Å². The molecule has 0 bridgehead atoms. The molecule has 7 nitrogen and oxygen atoms in total. The number of aryl methyl sites for hydroxylation is 1. The molecule has 4 rings (SSSR count). The van der Waals surface area contributed by atoms with Gasteiger partial charge in [0.25, 0.3) is 5.91 Å². The molecule has 0 fully saturated rings. The van der Waals surface area contributed by atoms with E-state index < -0.39 is 5.91 Å². The van der Waals surface area contributed by atoms with E-state index in [1.165, 1.54) is 23.9 Å². The number of benzene rings is 3. The highest BCUT2D eigenvalue weighted by Crippen LogP contribution is 2.32. The molecular formula is C26H23FN4O3. The van der Waals surface area contributed by atoms with Crippen LogP contribution in [0.15, 0.2) is 77.9 Å². The van der Waals surface area contributed by atoms with Crippen LogP contribution in [0.1, 0.15) is 27.2 Å². The first kappa shape index (κ1) is 22.7. The fourth-order valence-corrected chi connectivity index (χ4v) is 3.15. The van der Waals surface area contributed by atoms with E-state index in [4.69, 9.17) is 9.47 Å². The van der Waals surface area contributed by atoms with E-state index in [1.54, 1.807) is 31.4 Å². The predicted molar refractivity (Wildman–Crippen MR) is 128 cm³/mol. The van der Waals surface area contributed by atoms with Crippen LogP contribution in [0.2, 0.25) is 0 Å². The second-order valence-corrected chi connectivity index (χ2v) is 7.56. The van der Waals surface area contributed by atoms with Crippen LogP contribution in [0, 0.1) is 12.7 Å². The third-order valence-corrected chi connectivity index (χ3v) is 5.05. The summed E-state index contributed by atoms with van der Waals surface area (Å²) in [5.74, 6) is 0.369. The van der Waals surface area contributed by atoms with E-state index in [2.05, 4.69) is 20.7 Å². The first-order valence-corrected chi connectivity index (χ1v) is 10.5. The number of aromatic nitrogens is 2. The van der Waals surface area contributed by atoms with Crippen molar-refractivity contribution >= 4 is 12.1 Å². The molecule has 0 radical (unpaired) electrons. The van der Waals surface area contributed by atoms with Gasteiger partial charge in [0.05, 0.1) is 19.0 Å². The Morgan fingerprint density at radius 2 is 1.82 bits per heavy atom. The highest BCUT2D eigenvalue weighted by molar-refractivity contribution is 5.94. The Bertz CT molecular complexity index is 1300. The van der Waals surface area contributed by atoms with Crippen LogP contribution in [0.25, 0.3) is 11.3 Å². The van der Waals surface area contributed by atoms with Gasteiger partial charge in [0.1, 0.15) is 18.1 Å². The van der Waals surface area contributed by atoms with Gasteiger partial charge in [0.2, 0.25) is 0 Å². The van der Waals surface area contributed by atoms with Gasteiger partial charge in [-0.05, 0) is 54.4 Å². The van der Waals surface area contributed by atoms with Gasteiger partial charge in [0, 0.05) is 5.56 Å². The van der Waals surface area contributed by atoms with Gasteiger partial charge in [-0.15, -0.1) is 0 Å². The molecule has 0 aliphatic carbocycles. The average Bonchev–Trinajstić information content (AvgIpc) is 3.35. The van der Waals surface area contributed by atoms with Crippen molar-refractivity contribution in [3.05, 3.63) is 101 Å². The average molecular weight is 458 g/mol. The maximum atomic E-state index is 13.0. The van der Waals surface area contributed by atoms with Crippen molar-refractivity contribution in [3.63, 3.8) is 0 Å². The molecule has 0 aliphatic heterocycles. The van der Waals surface area contributed by atoms with Crippen LogP contribution >= 0.6 is 0 Å². The molecule has 172 valence electrons. The highest BCUT2D eigenvalue weighted by atomic mass is 19.1. The van der Waals surface area contributed by atoms with Crippen LogP contribution in [0.3, 0.4) is 0 Å². The monoisotopic (exact) mass is 458 g/mol. The van der Waals surface area contributed by atoms with Crippen LogP contribution in [0.4, 0.5) is 4.39 Å². The topological polar surface area (TPSA) is 88.6 Å². The maximum absolute atomic E-state index is 13.0. The van der Waals surface area contributed by atoms with Crippen molar-refractivity contribution in [3.8, 4) is 22.8 Å². The number of ether oxygens (including phenoxy) is 2. The smallest absolute Gasteiger partial charge is 0.289 e. The summed E-state index contributed by atoms with van der Waals surface area (Å²) in [6, 6.07) is 20.9. The first-order valence-electron chi connectivity index (χ1n) is 10.5. The van der Waals surface area contributed by atoms with E-state index >= 15 is 0 Å². The fraction of sp³-hybridized carbons (Fsp3) is 0.115. The van der Waals surface area contributed by atoms with E-state index in [9.17, 15) is 9.18 Å². The SMILES string of the molecule is COc1cc(-c2cc(C(=O)N/N=C/c3ccc(F)cc3)[nH]n2)ccc1OCc1ccc(C)cc1. The number of nitrogens with zero attached hydrogens (tertiary/aromatic N) is 2. The molecule has 3 aromatic carbocycles. The largest absolute Gasteiger partial charge is 0.493 e. The summed E-state index contributed by atoms with van der Waals surface area (Å²) in [5.41, 5.74) is 6.88. The van der Waals surface area contributed by atoms with Gasteiger partial charge in [-0.2, -0.15) is 10.2 Å². The lowest BCUT2D eigenvalue weighted by molar-refractivity contribution is 0.0950. The minimum atomic E-state index is -0.456. The van der Waals surface area contributed by atoms with Crippen LogP contribution < -0.4 is 14.9 Å². The number of hydrogen-bond donors (Lipinski definition) is 2. The Hall–Kier alpha value is -4.46. The summed E-state index contributed by atoms with van der Waals surface area (Å²) in [4.78, 5) is 12.4. The number of hydrazone groups is 1. The van der Waals surface area contributed by atoms with Gasteiger partial charge in [-0.3, -0.25) is 9.89 Å². The van der Waals surface area contributed by atoms with Crippen LogP contribution in [0.5, 0.6) is 11.5 Å². The van der Waals surface area contributed by atoms with Crippen LogP contribution in [-0.4, -0.2) is 29.4 Å². The van der Waals surface area contributed by atoms with Gasteiger partial charge >= 0.3 is 0 Å². The van der Waals surface area contributed by atoms with E-state index in [0.717, 1.165) is 11.1 Å². The van der Waals surface area contributed by atoms with E-state index in [1.807, 2.05) is 43.3 Å². The van der Waals surface area contributed by atoms with Crippen molar-refractivity contribution < 1.29 is 18.7 Å². The number of nitrogens with one attached hydrogen (secondary N) is 2. The van der Waals surface area contributed by atoms with Gasteiger partial charge in [-0.1, -0.05) is 42.0 Å².